The first-order chi connectivity index (χ1) is 23.3. The molecule has 12 nitrogen and oxygen atoms in total. The molecule has 14 heteroatoms. The van der Waals surface area contributed by atoms with Crippen LogP contribution in [0.2, 0.25) is 5.02 Å². The first-order valence-corrected chi connectivity index (χ1v) is 18.2. The lowest BCUT2D eigenvalue weighted by molar-refractivity contribution is -0.123. The minimum Gasteiger partial charge on any atom is -0.354 e. The Balaban J connectivity index is 1.60. The van der Waals surface area contributed by atoms with Gasteiger partial charge in [-0.1, -0.05) is 36.7 Å². The van der Waals surface area contributed by atoms with Crippen molar-refractivity contribution in [2.75, 3.05) is 38.5 Å². The maximum absolute atomic E-state index is 13.9. The maximum atomic E-state index is 13.9. The van der Waals surface area contributed by atoms with Crippen LogP contribution < -0.4 is 25.6 Å². The van der Waals surface area contributed by atoms with Crippen LogP contribution in [0, 0.1) is 5.92 Å². The second-order valence-corrected chi connectivity index (χ2v) is 15.1. The Morgan fingerprint density at radius 3 is 2.24 bits per heavy atom. The first kappa shape index (κ1) is 37.8. The number of carbonyl (C=O) groups is 3. The topological polar surface area (TPSA) is 153 Å². The zero-order chi connectivity index (χ0) is 35.7. The van der Waals surface area contributed by atoms with Crippen LogP contribution in [0.3, 0.4) is 0 Å². The largest absolute Gasteiger partial charge is 0.354 e. The number of benzene rings is 2. The van der Waals surface area contributed by atoms with Gasteiger partial charge in [0.1, 0.15) is 0 Å². The molecule has 1 heterocycles. The first-order valence-electron chi connectivity index (χ1n) is 16.4. The van der Waals surface area contributed by atoms with E-state index in [-0.39, 0.29) is 29.3 Å². The minimum absolute atomic E-state index is 0.0825. The van der Waals surface area contributed by atoms with E-state index in [9.17, 15) is 22.8 Å². The molecule has 1 aliphatic rings. The zero-order valence-electron chi connectivity index (χ0n) is 28.6. The number of rotatable bonds is 17. The Kier molecular flexibility index (Phi) is 13.2. The van der Waals surface area contributed by atoms with Crippen molar-refractivity contribution < 1.29 is 22.8 Å². The zero-order valence-corrected chi connectivity index (χ0v) is 30.1. The summed E-state index contributed by atoms with van der Waals surface area (Å²) in [5.41, 5.74) is 1.81. The number of hydrogen-bond donors (Lipinski definition) is 4. The van der Waals surface area contributed by atoms with Crippen molar-refractivity contribution in [3.05, 3.63) is 94.3 Å². The summed E-state index contributed by atoms with van der Waals surface area (Å²) in [4.78, 5) is 44.8. The summed E-state index contributed by atoms with van der Waals surface area (Å²) in [5.74, 6) is -0.567. The standard InChI is InChI=1S/C35H46ClN7O5S/c1-6-32(35(46)39-21-24-13-14-24)38-22-30(20-29-12-7-8-15-37-29)41-34(45)27-16-26(18-31(19-27)43(5)49(47,48)42(3)4)33(44)40-23(2)25-10-9-11-28(36)17-25/h7-12,15-19,23-24,30,32,38H,6,13-14,20-22H2,1-5H3,(H,39,46)(H,40,44)(H,41,45)/t23-,30+,32+/m1/s1. The Morgan fingerprint density at radius 1 is 0.959 bits per heavy atom. The Labute approximate surface area is 294 Å². The highest BCUT2D eigenvalue weighted by Crippen LogP contribution is 2.27. The lowest BCUT2D eigenvalue weighted by Gasteiger charge is -2.25. The number of amides is 3. The Hall–Kier alpha value is -4.04. The van der Waals surface area contributed by atoms with E-state index in [0.717, 1.165) is 32.7 Å². The number of pyridine rings is 1. The van der Waals surface area contributed by atoms with Crippen LogP contribution in [0.1, 0.15) is 71.1 Å². The molecule has 3 amide bonds. The van der Waals surface area contributed by atoms with Crippen LogP contribution in [0.15, 0.2) is 66.9 Å². The molecule has 2 aromatic carbocycles. The van der Waals surface area contributed by atoms with Crippen LogP contribution in [0.4, 0.5) is 5.69 Å². The average molecular weight is 712 g/mol. The molecule has 1 fully saturated rings. The van der Waals surface area contributed by atoms with Gasteiger partial charge in [-0.15, -0.1) is 0 Å². The lowest BCUT2D eigenvalue weighted by atomic mass is 10.0. The molecule has 1 saturated carbocycles. The summed E-state index contributed by atoms with van der Waals surface area (Å²) in [6.45, 7) is 4.64. The number of nitrogens with one attached hydrogen (secondary N) is 4. The maximum Gasteiger partial charge on any atom is 0.303 e. The van der Waals surface area contributed by atoms with Gasteiger partial charge in [-0.3, -0.25) is 23.7 Å². The molecule has 3 aromatic rings. The Morgan fingerprint density at radius 2 is 1.65 bits per heavy atom. The number of carbonyl (C=O) groups excluding carboxylic acids is 3. The second kappa shape index (κ2) is 17.1. The third-order valence-electron chi connectivity index (χ3n) is 8.42. The van der Waals surface area contributed by atoms with Gasteiger partial charge in [0.15, 0.2) is 0 Å². The highest BCUT2D eigenvalue weighted by Gasteiger charge is 2.27. The van der Waals surface area contributed by atoms with E-state index < -0.39 is 40.1 Å². The fourth-order valence-corrected chi connectivity index (χ4v) is 6.24. The third-order valence-corrected chi connectivity index (χ3v) is 10.5. The van der Waals surface area contributed by atoms with Gasteiger partial charge in [0.25, 0.3) is 11.8 Å². The quantitative estimate of drug-likeness (QED) is 0.167. The van der Waals surface area contributed by atoms with Crippen LogP contribution in [0.25, 0.3) is 0 Å². The van der Waals surface area contributed by atoms with E-state index >= 15 is 0 Å². The van der Waals surface area contributed by atoms with E-state index in [2.05, 4.69) is 26.3 Å². The van der Waals surface area contributed by atoms with Gasteiger partial charge >= 0.3 is 10.2 Å². The third kappa shape index (κ3) is 10.7. The van der Waals surface area contributed by atoms with E-state index in [1.165, 1.54) is 39.3 Å². The summed E-state index contributed by atoms with van der Waals surface area (Å²) in [5, 5.41) is 12.8. The van der Waals surface area contributed by atoms with Crippen molar-refractivity contribution in [3.8, 4) is 0 Å². The van der Waals surface area contributed by atoms with Gasteiger partial charge in [-0.25, -0.2) is 0 Å². The second-order valence-electron chi connectivity index (χ2n) is 12.5. The molecule has 1 aliphatic carbocycles. The number of nitrogens with zero attached hydrogens (tertiary/aromatic N) is 3. The normalized spacial score (nSPS) is 14.8. The summed E-state index contributed by atoms with van der Waals surface area (Å²) in [6.07, 6.45) is 4.85. The van der Waals surface area contributed by atoms with E-state index in [0.29, 0.717) is 30.3 Å². The van der Waals surface area contributed by atoms with Gasteiger partial charge in [0.05, 0.1) is 17.8 Å². The molecule has 0 saturated heterocycles. The highest BCUT2D eigenvalue weighted by molar-refractivity contribution is 7.90. The van der Waals surface area contributed by atoms with Crippen LogP contribution in [0.5, 0.6) is 0 Å². The molecular formula is C35H46ClN7O5S. The molecule has 0 unspecified atom stereocenters. The molecule has 0 spiro atoms. The van der Waals surface area contributed by atoms with Crippen molar-refractivity contribution in [1.82, 2.24) is 30.6 Å². The molecule has 264 valence electrons. The predicted molar refractivity (Wildman–Crippen MR) is 192 cm³/mol. The van der Waals surface area contributed by atoms with Crippen LogP contribution in [-0.4, -0.2) is 81.7 Å². The summed E-state index contributed by atoms with van der Waals surface area (Å²) in [6, 6.07) is 15.5. The van der Waals surface area contributed by atoms with Crippen LogP contribution in [-0.2, 0) is 21.4 Å². The average Bonchev–Trinajstić information content (AvgIpc) is 3.92. The van der Waals surface area contributed by atoms with Crippen molar-refractivity contribution >= 4 is 45.2 Å². The van der Waals surface area contributed by atoms with Crippen LogP contribution >= 0.6 is 11.6 Å². The van der Waals surface area contributed by atoms with Gasteiger partial charge in [0.2, 0.25) is 5.91 Å². The number of aromatic nitrogens is 1. The molecular weight excluding hydrogens is 666 g/mol. The van der Waals surface area contributed by atoms with Crippen molar-refractivity contribution in [2.24, 2.45) is 5.92 Å². The molecule has 1 aromatic heterocycles. The van der Waals surface area contributed by atoms with Crippen molar-refractivity contribution in [3.63, 3.8) is 0 Å². The molecule has 4 rings (SSSR count). The van der Waals surface area contributed by atoms with E-state index in [1.807, 2.05) is 25.1 Å². The molecule has 49 heavy (non-hydrogen) atoms. The van der Waals surface area contributed by atoms with E-state index in [4.69, 9.17) is 11.6 Å². The molecule has 3 atom stereocenters. The Bertz CT molecular complexity index is 1720. The highest BCUT2D eigenvalue weighted by atomic mass is 35.5. The monoisotopic (exact) mass is 711 g/mol. The van der Waals surface area contributed by atoms with Gasteiger partial charge in [0, 0.05) is 74.7 Å². The molecule has 4 N–H and O–H groups in total. The van der Waals surface area contributed by atoms with Crippen molar-refractivity contribution in [2.45, 2.75) is 57.7 Å². The smallest absolute Gasteiger partial charge is 0.303 e. The fraction of sp³-hybridized carbons (Fsp3) is 0.429. The van der Waals surface area contributed by atoms with Gasteiger partial charge in [-0.05, 0) is 80.1 Å². The summed E-state index contributed by atoms with van der Waals surface area (Å²) < 4.78 is 28.2. The number of halogens is 1. The lowest BCUT2D eigenvalue weighted by Crippen LogP contribution is -2.50. The number of anilines is 1. The summed E-state index contributed by atoms with van der Waals surface area (Å²) in [7, 11) is 0.197. The molecule has 0 radical (unpaired) electrons. The number of hydrogen-bond acceptors (Lipinski definition) is 7. The van der Waals surface area contributed by atoms with Gasteiger partial charge < -0.3 is 21.3 Å². The molecule has 0 bridgehead atoms. The molecule has 0 aliphatic heterocycles. The SMILES string of the molecule is CC[C@H](NC[C@H](Cc1ccccn1)NC(=O)c1cc(C(=O)N[C@H](C)c2cccc(Cl)c2)cc(N(C)S(=O)(=O)N(C)C)c1)C(=O)NCC1CC1. The van der Waals surface area contributed by atoms with Gasteiger partial charge in [-0.2, -0.15) is 12.7 Å². The fourth-order valence-electron chi connectivity index (χ4n) is 5.18. The summed E-state index contributed by atoms with van der Waals surface area (Å²) >= 11 is 6.15. The predicted octanol–water partition coefficient (Wildman–Crippen LogP) is 3.70. The van der Waals surface area contributed by atoms with Crippen molar-refractivity contribution in [1.29, 1.82) is 0 Å². The minimum atomic E-state index is -3.95. The van der Waals surface area contributed by atoms with E-state index in [1.54, 1.807) is 37.4 Å².